The lowest BCUT2D eigenvalue weighted by molar-refractivity contribution is 0.686. The van der Waals surface area contributed by atoms with E-state index in [1.54, 1.807) is 0 Å². The molecule has 0 radical (unpaired) electrons. The standard InChI is InChI=1S/C16H18N2/c1-12-4-2-3-5-16(12)14-8-13(9-17-11-14)10-18-15-6-7-15/h2-5,8-9,11,15,18H,6-7,10H2,1H3. The number of rotatable bonds is 4. The second-order valence-electron chi connectivity index (χ2n) is 5.05. The second-order valence-corrected chi connectivity index (χ2v) is 5.05. The second kappa shape index (κ2) is 4.91. The normalized spacial score (nSPS) is 14.7. The zero-order chi connectivity index (χ0) is 12.4. The molecule has 1 fully saturated rings. The zero-order valence-corrected chi connectivity index (χ0v) is 10.7. The lowest BCUT2D eigenvalue weighted by Gasteiger charge is -2.08. The van der Waals surface area contributed by atoms with Crippen LogP contribution in [0.2, 0.25) is 0 Å². The summed E-state index contributed by atoms with van der Waals surface area (Å²) in [5, 5.41) is 3.53. The van der Waals surface area contributed by atoms with E-state index < -0.39 is 0 Å². The maximum atomic E-state index is 4.36. The molecule has 3 rings (SSSR count). The van der Waals surface area contributed by atoms with Crippen LogP contribution in [0.4, 0.5) is 0 Å². The van der Waals surface area contributed by atoms with Crippen LogP contribution in [0.5, 0.6) is 0 Å². The first-order valence-corrected chi connectivity index (χ1v) is 6.56. The Morgan fingerprint density at radius 3 is 2.83 bits per heavy atom. The van der Waals surface area contributed by atoms with Gasteiger partial charge in [0.05, 0.1) is 0 Å². The van der Waals surface area contributed by atoms with Gasteiger partial charge in [0.15, 0.2) is 0 Å². The van der Waals surface area contributed by atoms with Crippen molar-refractivity contribution in [2.45, 2.75) is 32.4 Å². The molecule has 0 aliphatic heterocycles. The summed E-state index contributed by atoms with van der Waals surface area (Å²) in [6, 6.07) is 11.4. The average molecular weight is 238 g/mol. The Morgan fingerprint density at radius 2 is 2.06 bits per heavy atom. The molecule has 92 valence electrons. The number of aryl methyl sites for hydroxylation is 1. The summed E-state index contributed by atoms with van der Waals surface area (Å²) in [5.41, 5.74) is 5.05. The smallest absolute Gasteiger partial charge is 0.0346 e. The third kappa shape index (κ3) is 2.59. The predicted molar refractivity (Wildman–Crippen MR) is 74.3 cm³/mol. The van der Waals surface area contributed by atoms with Crippen molar-refractivity contribution in [1.29, 1.82) is 0 Å². The fraction of sp³-hybridized carbons (Fsp3) is 0.312. The summed E-state index contributed by atoms with van der Waals surface area (Å²) in [6.45, 7) is 3.07. The van der Waals surface area contributed by atoms with Gasteiger partial charge in [-0.05, 0) is 42.5 Å². The van der Waals surface area contributed by atoms with Crippen LogP contribution in [-0.2, 0) is 6.54 Å². The summed E-state index contributed by atoms with van der Waals surface area (Å²) in [6.07, 6.45) is 6.55. The Kier molecular flexibility index (Phi) is 3.11. The average Bonchev–Trinajstić information content (AvgIpc) is 3.21. The Labute approximate surface area is 108 Å². The Morgan fingerprint density at radius 1 is 1.22 bits per heavy atom. The third-order valence-corrected chi connectivity index (χ3v) is 3.42. The minimum absolute atomic E-state index is 0.743. The predicted octanol–water partition coefficient (Wildman–Crippen LogP) is 3.31. The molecule has 2 aromatic rings. The van der Waals surface area contributed by atoms with Gasteiger partial charge in [-0.25, -0.2) is 0 Å². The van der Waals surface area contributed by atoms with Crippen molar-refractivity contribution in [2.24, 2.45) is 0 Å². The molecule has 1 aromatic heterocycles. The van der Waals surface area contributed by atoms with Gasteiger partial charge in [-0.2, -0.15) is 0 Å². The van der Waals surface area contributed by atoms with Crippen molar-refractivity contribution >= 4 is 0 Å². The van der Waals surface area contributed by atoms with E-state index in [1.807, 2.05) is 12.4 Å². The minimum atomic E-state index is 0.743. The highest BCUT2D eigenvalue weighted by atomic mass is 14.9. The molecular weight excluding hydrogens is 220 g/mol. The topological polar surface area (TPSA) is 24.9 Å². The molecular formula is C16H18N2. The Balaban J connectivity index is 1.83. The molecule has 0 unspecified atom stereocenters. The molecule has 1 saturated carbocycles. The van der Waals surface area contributed by atoms with Crippen LogP contribution in [0.15, 0.2) is 42.7 Å². The van der Waals surface area contributed by atoms with Gasteiger partial charge in [-0.3, -0.25) is 4.98 Å². The molecule has 18 heavy (non-hydrogen) atoms. The van der Waals surface area contributed by atoms with Crippen LogP contribution in [0.1, 0.15) is 24.0 Å². The maximum Gasteiger partial charge on any atom is 0.0346 e. The van der Waals surface area contributed by atoms with Gasteiger partial charge in [0, 0.05) is 30.5 Å². The summed E-state index contributed by atoms with van der Waals surface area (Å²) in [7, 11) is 0. The van der Waals surface area contributed by atoms with Crippen LogP contribution in [0.3, 0.4) is 0 Å². The molecule has 2 heteroatoms. The number of nitrogens with zero attached hydrogens (tertiary/aromatic N) is 1. The summed E-state index contributed by atoms with van der Waals surface area (Å²) in [4.78, 5) is 4.36. The van der Waals surface area contributed by atoms with Gasteiger partial charge >= 0.3 is 0 Å². The first kappa shape index (κ1) is 11.4. The SMILES string of the molecule is Cc1ccccc1-c1cncc(CNC2CC2)c1. The monoisotopic (exact) mass is 238 g/mol. The number of hydrogen-bond acceptors (Lipinski definition) is 2. The molecule has 2 nitrogen and oxygen atoms in total. The molecule has 0 saturated heterocycles. The van der Waals surface area contributed by atoms with Crippen molar-refractivity contribution in [3.05, 3.63) is 53.9 Å². The first-order chi connectivity index (χ1) is 8.83. The van der Waals surface area contributed by atoms with Crippen molar-refractivity contribution < 1.29 is 0 Å². The van der Waals surface area contributed by atoms with Crippen LogP contribution >= 0.6 is 0 Å². The fourth-order valence-corrected chi connectivity index (χ4v) is 2.18. The Bertz CT molecular complexity index is 544. The summed E-state index contributed by atoms with van der Waals surface area (Å²) in [5.74, 6) is 0. The molecule has 0 bridgehead atoms. The number of benzene rings is 1. The van der Waals surface area contributed by atoms with Crippen LogP contribution < -0.4 is 5.32 Å². The van der Waals surface area contributed by atoms with E-state index in [1.165, 1.54) is 35.1 Å². The zero-order valence-electron chi connectivity index (χ0n) is 10.7. The van der Waals surface area contributed by atoms with Gasteiger partial charge in [-0.15, -0.1) is 0 Å². The van der Waals surface area contributed by atoms with Crippen molar-refractivity contribution in [3.8, 4) is 11.1 Å². The highest BCUT2D eigenvalue weighted by molar-refractivity contribution is 5.66. The van der Waals surface area contributed by atoms with Crippen LogP contribution in [0.25, 0.3) is 11.1 Å². The number of nitrogens with one attached hydrogen (secondary N) is 1. The van der Waals surface area contributed by atoms with E-state index >= 15 is 0 Å². The molecule has 1 aromatic carbocycles. The molecule has 0 amide bonds. The van der Waals surface area contributed by atoms with E-state index in [9.17, 15) is 0 Å². The van der Waals surface area contributed by atoms with E-state index in [2.05, 4.69) is 47.6 Å². The highest BCUT2D eigenvalue weighted by Crippen LogP contribution is 2.24. The summed E-state index contributed by atoms with van der Waals surface area (Å²) < 4.78 is 0. The number of aromatic nitrogens is 1. The van der Waals surface area contributed by atoms with E-state index in [0.29, 0.717) is 0 Å². The van der Waals surface area contributed by atoms with E-state index in [-0.39, 0.29) is 0 Å². The van der Waals surface area contributed by atoms with Gasteiger partial charge in [0.25, 0.3) is 0 Å². The molecule has 1 aliphatic carbocycles. The largest absolute Gasteiger partial charge is 0.310 e. The molecule has 1 heterocycles. The van der Waals surface area contributed by atoms with E-state index in [4.69, 9.17) is 0 Å². The Hall–Kier alpha value is -1.67. The molecule has 0 spiro atoms. The van der Waals surface area contributed by atoms with Crippen molar-refractivity contribution in [1.82, 2.24) is 10.3 Å². The van der Waals surface area contributed by atoms with Crippen LogP contribution in [-0.4, -0.2) is 11.0 Å². The quantitative estimate of drug-likeness (QED) is 0.884. The minimum Gasteiger partial charge on any atom is -0.310 e. The molecule has 1 N–H and O–H groups in total. The molecule has 1 aliphatic rings. The first-order valence-electron chi connectivity index (χ1n) is 6.56. The molecule has 0 atom stereocenters. The van der Waals surface area contributed by atoms with Gasteiger partial charge in [0.1, 0.15) is 0 Å². The number of hydrogen-bond donors (Lipinski definition) is 1. The van der Waals surface area contributed by atoms with Gasteiger partial charge in [-0.1, -0.05) is 24.3 Å². The number of pyridine rings is 1. The maximum absolute atomic E-state index is 4.36. The van der Waals surface area contributed by atoms with Crippen LogP contribution in [0, 0.1) is 6.92 Å². The summed E-state index contributed by atoms with van der Waals surface area (Å²) >= 11 is 0. The van der Waals surface area contributed by atoms with Crippen molar-refractivity contribution in [2.75, 3.05) is 0 Å². The fourth-order valence-electron chi connectivity index (χ4n) is 2.18. The lowest BCUT2D eigenvalue weighted by atomic mass is 10.0. The lowest BCUT2D eigenvalue weighted by Crippen LogP contribution is -2.15. The third-order valence-electron chi connectivity index (χ3n) is 3.42. The highest BCUT2D eigenvalue weighted by Gasteiger charge is 2.19. The van der Waals surface area contributed by atoms with Gasteiger partial charge in [0.2, 0.25) is 0 Å². The van der Waals surface area contributed by atoms with Gasteiger partial charge < -0.3 is 5.32 Å². The van der Waals surface area contributed by atoms with E-state index in [0.717, 1.165) is 12.6 Å². The van der Waals surface area contributed by atoms with Crippen molar-refractivity contribution in [3.63, 3.8) is 0 Å².